The van der Waals surface area contributed by atoms with Crippen molar-refractivity contribution in [3.8, 4) is 11.5 Å². The molecule has 1 aromatic rings. The molecule has 1 aromatic carbocycles. The monoisotopic (exact) mass is 478 g/mol. The van der Waals surface area contributed by atoms with Crippen LogP contribution in [0.15, 0.2) is 23.2 Å². The van der Waals surface area contributed by atoms with Crippen LogP contribution in [0, 0.1) is 0 Å². The van der Waals surface area contributed by atoms with Gasteiger partial charge < -0.3 is 20.1 Å². The molecule has 26 heavy (non-hydrogen) atoms. The number of aliphatic imine (C=N–C) groups is 1. The smallest absolute Gasteiger partial charge is 0.195 e. The van der Waals surface area contributed by atoms with Crippen molar-refractivity contribution in [3.63, 3.8) is 0 Å². The third-order valence-corrected chi connectivity index (χ3v) is 3.94. The van der Waals surface area contributed by atoms with Gasteiger partial charge in [0.25, 0.3) is 0 Å². The molecule has 0 heterocycles. The number of hydrogen-bond donors (Lipinski definition) is 2. The summed E-state index contributed by atoms with van der Waals surface area (Å²) in [6.07, 6.45) is 0. The molecule has 2 N–H and O–H groups in total. The van der Waals surface area contributed by atoms with E-state index >= 15 is 0 Å². The molecule has 0 spiro atoms. The Morgan fingerprint density at radius 1 is 1.15 bits per heavy atom. The Kier molecular flexibility index (Phi) is 12.4. The van der Waals surface area contributed by atoms with Gasteiger partial charge in [-0.05, 0) is 46.8 Å². The standard InChI is InChI=1S/C19H34N4O2.HI/c1-8-25-17-10-9-16(13-18(17)24-7)22-19(20-6)21-11-12-23(14(2)3)15(4)5;/h9-10,13-15H,8,11-12H2,1-7H3,(H2,20,21,22);1H. The first-order valence-electron chi connectivity index (χ1n) is 8.97. The Morgan fingerprint density at radius 3 is 2.31 bits per heavy atom. The van der Waals surface area contributed by atoms with Crippen LogP contribution in [0.25, 0.3) is 0 Å². The third kappa shape index (κ3) is 7.99. The Balaban J connectivity index is 0.00000625. The Bertz CT molecular complexity index is 542. The summed E-state index contributed by atoms with van der Waals surface area (Å²) in [5.74, 6) is 2.18. The molecule has 0 bridgehead atoms. The Morgan fingerprint density at radius 2 is 1.81 bits per heavy atom. The molecule has 0 fully saturated rings. The Hall–Kier alpha value is -1.22. The quantitative estimate of drug-likeness (QED) is 0.321. The summed E-state index contributed by atoms with van der Waals surface area (Å²) < 4.78 is 10.9. The molecular formula is C19H35IN4O2. The first-order chi connectivity index (χ1) is 11.9. The first kappa shape index (κ1) is 24.8. The topological polar surface area (TPSA) is 58.1 Å². The van der Waals surface area contributed by atoms with Crippen LogP contribution in [-0.4, -0.2) is 56.8 Å². The van der Waals surface area contributed by atoms with Crippen LogP contribution in [0.4, 0.5) is 5.69 Å². The summed E-state index contributed by atoms with van der Waals surface area (Å²) in [5, 5.41) is 6.65. The van der Waals surface area contributed by atoms with Crippen LogP contribution < -0.4 is 20.1 Å². The van der Waals surface area contributed by atoms with Gasteiger partial charge in [-0.25, -0.2) is 0 Å². The predicted molar refractivity (Wildman–Crippen MR) is 122 cm³/mol. The maximum Gasteiger partial charge on any atom is 0.195 e. The van der Waals surface area contributed by atoms with E-state index in [1.165, 1.54) is 0 Å². The number of rotatable bonds is 9. The molecule has 0 aliphatic heterocycles. The highest BCUT2D eigenvalue weighted by Gasteiger charge is 2.13. The van der Waals surface area contributed by atoms with Crippen molar-refractivity contribution in [2.75, 3.05) is 39.2 Å². The van der Waals surface area contributed by atoms with Crippen LogP contribution in [0.3, 0.4) is 0 Å². The molecule has 0 aliphatic rings. The lowest BCUT2D eigenvalue weighted by molar-refractivity contribution is 0.178. The van der Waals surface area contributed by atoms with Gasteiger partial charge >= 0.3 is 0 Å². The van der Waals surface area contributed by atoms with Gasteiger partial charge in [0, 0.05) is 44.0 Å². The fraction of sp³-hybridized carbons (Fsp3) is 0.632. The lowest BCUT2D eigenvalue weighted by Crippen LogP contribution is -2.43. The second-order valence-electron chi connectivity index (χ2n) is 6.35. The van der Waals surface area contributed by atoms with Gasteiger partial charge in [-0.3, -0.25) is 9.89 Å². The Labute approximate surface area is 175 Å². The fourth-order valence-corrected chi connectivity index (χ4v) is 2.75. The van der Waals surface area contributed by atoms with Crippen LogP contribution in [0.2, 0.25) is 0 Å². The highest BCUT2D eigenvalue weighted by molar-refractivity contribution is 14.0. The van der Waals surface area contributed by atoms with Gasteiger partial charge in [0.2, 0.25) is 0 Å². The van der Waals surface area contributed by atoms with Crippen molar-refractivity contribution < 1.29 is 9.47 Å². The summed E-state index contributed by atoms with van der Waals surface area (Å²) >= 11 is 0. The molecule has 0 unspecified atom stereocenters. The van der Waals surface area contributed by atoms with E-state index < -0.39 is 0 Å². The molecular weight excluding hydrogens is 443 g/mol. The normalized spacial score (nSPS) is 11.5. The number of nitrogens with one attached hydrogen (secondary N) is 2. The van der Waals surface area contributed by atoms with E-state index in [4.69, 9.17) is 9.47 Å². The van der Waals surface area contributed by atoms with E-state index in [1.807, 2.05) is 25.1 Å². The van der Waals surface area contributed by atoms with E-state index in [0.29, 0.717) is 24.4 Å². The highest BCUT2D eigenvalue weighted by atomic mass is 127. The lowest BCUT2D eigenvalue weighted by atomic mass is 10.2. The van der Waals surface area contributed by atoms with E-state index in [-0.39, 0.29) is 24.0 Å². The molecule has 0 saturated carbocycles. The molecule has 0 aliphatic carbocycles. The van der Waals surface area contributed by atoms with Crippen molar-refractivity contribution in [3.05, 3.63) is 18.2 Å². The number of halogens is 1. The van der Waals surface area contributed by atoms with Crippen LogP contribution in [-0.2, 0) is 0 Å². The van der Waals surface area contributed by atoms with Gasteiger partial charge in [0.05, 0.1) is 13.7 Å². The van der Waals surface area contributed by atoms with Gasteiger partial charge in [-0.1, -0.05) is 0 Å². The largest absolute Gasteiger partial charge is 0.493 e. The van der Waals surface area contributed by atoms with Crippen molar-refractivity contribution in [2.24, 2.45) is 4.99 Å². The molecule has 0 aromatic heterocycles. The van der Waals surface area contributed by atoms with E-state index in [2.05, 4.69) is 48.2 Å². The minimum Gasteiger partial charge on any atom is -0.493 e. The molecule has 1 rings (SSSR count). The second kappa shape index (κ2) is 13.0. The SMILES string of the molecule is CCOc1ccc(NC(=NC)NCCN(C(C)C)C(C)C)cc1OC.I. The maximum absolute atomic E-state index is 5.55. The van der Waals surface area contributed by atoms with Gasteiger partial charge in [-0.15, -0.1) is 24.0 Å². The fourth-order valence-electron chi connectivity index (χ4n) is 2.75. The number of ether oxygens (including phenoxy) is 2. The second-order valence-corrected chi connectivity index (χ2v) is 6.35. The molecule has 0 amide bonds. The van der Waals surface area contributed by atoms with Gasteiger partial charge in [-0.2, -0.15) is 0 Å². The van der Waals surface area contributed by atoms with Crippen molar-refractivity contribution in [2.45, 2.75) is 46.7 Å². The summed E-state index contributed by atoms with van der Waals surface area (Å²) in [6.45, 7) is 13.2. The van der Waals surface area contributed by atoms with E-state index in [1.54, 1.807) is 14.2 Å². The van der Waals surface area contributed by atoms with Crippen molar-refractivity contribution in [1.29, 1.82) is 0 Å². The summed E-state index contributed by atoms with van der Waals surface area (Å²) in [7, 11) is 3.41. The van der Waals surface area contributed by atoms with Crippen LogP contribution in [0.5, 0.6) is 11.5 Å². The first-order valence-corrected chi connectivity index (χ1v) is 8.97. The molecule has 7 heteroatoms. The van der Waals surface area contributed by atoms with Crippen molar-refractivity contribution in [1.82, 2.24) is 10.2 Å². The number of anilines is 1. The molecule has 150 valence electrons. The van der Waals surface area contributed by atoms with E-state index in [9.17, 15) is 0 Å². The number of methoxy groups -OCH3 is 1. The minimum absolute atomic E-state index is 0. The lowest BCUT2D eigenvalue weighted by Gasteiger charge is -2.30. The summed E-state index contributed by atoms with van der Waals surface area (Å²) in [6, 6.07) is 6.80. The maximum atomic E-state index is 5.55. The number of nitrogens with zero attached hydrogens (tertiary/aromatic N) is 2. The number of hydrogen-bond acceptors (Lipinski definition) is 4. The predicted octanol–water partition coefficient (Wildman–Crippen LogP) is 3.82. The van der Waals surface area contributed by atoms with E-state index in [0.717, 1.165) is 30.5 Å². The van der Waals surface area contributed by atoms with Crippen LogP contribution >= 0.6 is 24.0 Å². The zero-order valence-corrected chi connectivity index (χ0v) is 19.5. The minimum atomic E-state index is 0. The molecule has 6 nitrogen and oxygen atoms in total. The number of guanidine groups is 1. The molecule has 0 saturated heterocycles. The average Bonchev–Trinajstić information content (AvgIpc) is 2.58. The van der Waals surface area contributed by atoms with Crippen LogP contribution in [0.1, 0.15) is 34.6 Å². The third-order valence-electron chi connectivity index (χ3n) is 3.94. The zero-order chi connectivity index (χ0) is 18.8. The van der Waals surface area contributed by atoms with Crippen molar-refractivity contribution >= 4 is 35.6 Å². The van der Waals surface area contributed by atoms with Gasteiger partial charge in [0.15, 0.2) is 17.5 Å². The molecule has 0 radical (unpaired) electrons. The highest BCUT2D eigenvalue weighted by Crippen LogP contribution is 2.30. The summed E-state index contributed by atoms with van der Waals surface area (Å²) in [4.78, 5) is 6.73. The average molecular weight is 478 g/mol. The number of benzene rings is 1. The van der Waals surface area contributed by atoms with Gasteiger partial charge in [0.1, 0.15) is 0 Å². The summed E-state index contributed by atoms with van der Waals surface area (Å²) in [5.41, 5.74) is 0.901. The molecule has 0 atom stereocenters. The zero-order valence-electron chi connectivity index (χ0n) is 17.1.